The van der Waals surface area contributed by atoms with Crippen LogP contribution in [0.5, 0.6) is 0 Å². The minimum absolute atomic E-state index is 0.406. The second kappa shape index (κ2) is 4.43. The van der Waals surface area contributed by atoms with Gasteiger partial charge < -0.3 is 0 Å². The lowest BCUT2D eigenvalue weighted by Gasteiger charge is -2.16. The number of rotatable bonds is 2. The molecule has 0 amide bonds. The highest BCUT2D eigenvalue weighted by atomic mass is 32.2. The van der Waals surface area contributed by atoms with Gasteiger partial charge in [0.2, 0.25) is 0 Å². The maximum absolute atomic E-state index is 10.9. The van der Waals surface area contributed by atoms with Gasteiger partial charge in [-0.2, -0.15) is 5.26 Å². The second-order valence-corrected chi connectivity index (χ2v) is 4.30. The third-order valence-corrected chi connectivity index (χ3v) is 2.97. The van der Waals surface area contributed by atoms with Crippen LogP contribution in [0.3, 0.4) is 0 Å². The Hall–Kier alpha value is -1.38. The van der Waals surface area contributed by atoms with Gasteiger partial charge in [-0.25, -0.2) is 4.21 Å². The molecular formula is C10H12N2O2S. The molecule has 5 heteroatoms. The molecule has 0 heterocycles. The standard InChI is InChI=1S/C10H12N2O2S/c1-7-4-9(6-11)10(5-8(7)2)12(3)15(13)14/h4-5H,1-3H3,(H,13,14). The lowest BCUT2D eigenvalue weighted by molar-refractivity contribution is 0.562. The highest BCUT2D eigenvalue weighted by Gasteiger charge is 2.12. The van der Waals surface area contributed by atoms with Crippen LogP contribution in [0.25, 0.3) is 0 Å². The average molecular weight is 224 g/mol. The summed E-state index contributed by atoms with van der Waals surface area (Å²) in [5.41, 5.74) is 2.86. The van der Waals surface area contributed by atoms with Gasteiger partial charge in [0.05, 0.1) is 11.3 Å². The Morgan fingerprint density at radius 2 is 1.93 bits per heavy atom. The first-order valence-corrected chi connectivity index (χ1v) is 5.39. The predicted molar refractivity (Wildman–Crippen MR) is 59.8 cm³/mol. The van der Waals surface area contributed by atoms with Crippen LogP contribution < -0.4 is 4.31 Å². The molecule has 0 fully saturated rings. The first-order chi connectivity index (χ1) is 6.97. The van der Waals surface area contributed by atoms with Crippen molar-refractivity contribution in [2.75, 3.05) is 11.4 Å². The van der Waals surface area contributed by atoms with Crippen molar-refractivity contribution in [1.82, 2.24) is 0 Å². The molecule has 4 nitrogen and oxygen atoms in total. The molecule has 1 rings (SSSR count). The van der Waals surface area contributed by atoms with E-state index in [0.29, 0.717) is 11.3 Å². The van der Waals surface area contributed by atoms with Crippen LogP contribution in [-0.2, 0) is 11.3 Å². The maximum Gasteiger partial charge on any atom is 0.261 e. The Kier molecular flexibility index (Phi) is 3.45. The first-order valence-electron chi connectivity index (χ1n) is 4.33. The summed E-state index contributed by atoms with van der Waals surface area (Å²) in [5, 5.41) is 8.91. The molecule has 1 aromatic carbocycles. The van der Waals surface area contributed by atoms with Crippen molar-refractivity contribution in [3.05, 3.63) is 28.8 Å². The molecule has 1 N–H and O–H groups in total. The fourth-order valence-electron chi connectivity index (χ4n) is 1.24. The summed E-state index contributed by atoms with van der Waals surface area (Å²) in [6, 6.07) is 5.47. The van der Waals surface area contributed by atoms with E-state index >= 15 is 0 Å². The van der Waals surface area contributed by atoms with Gasteiger partial charge >= 0.3 is 0 Å². The lowest BCUT2D eigenvalue weighted by atomic mass is 10.0. The summed E-state index contributed by atoms with van der Waals surface area (Å²) in [6.07, 6.45) is 0. The molecule has 0 saturated carbocycles. The van der Waals surface area contributed by atoms with Crippen LogP contribution in [0.15, 0.2) is 12.1 Å². The van der Waals surface area contributed by atoms with Crippen LogP contribution in [0.2, 0.25) is 0 Å². The Morgan fingerprint density at radius 3 is 2.40 bits per heavy atom. The van der Waals surface area contributed by atoms with Crippen LogP contribution in [0.4, 0.5) is 5.69 Å². The average Bonchev–Trinajstić information content (AvgIpc) is 2.20. The molecule has 0 spiro atoms. The van der Waals surface area contributed by atoms with E-state index in [2.05, 4.69) is 0 Å². The molecule has 0 aromatic heterocycles. The van der Waals surface area contributed by atoms with Crippen LogP contribution in [-0.4, -0.2) is 15.8 Å². The SMILES string of the molecule is Cc1cc(C#N)c(N(C)S(=O)O)cc1C. The van der Waals surface area contributed by atoms with Gasteiger partial charge in [0.15, 0.2) is 0 Å². The molecule has 1 atom stereocenters. The van der Waals surface area contributed by atoms with Crippen LogP contribution in [0.1, 0.15) is 16.7 Å². The third kappa shape index (κ3) is 2.35. The summed E-state index contributed by atoms with van der Waals surface area (Å²) in [6.45, 7) is 3.80. The topological polar surface area (TPSA) is 64.3 Å². The lowest BCUT2D eigenvalue weighted by Crippen LogP contribution is -2.20. The van der Waals surface area contributed by atoms with E-state index in [1.165, 1.54) is 7.05 Å². The Labute approximate surface area is 91.6 Å². The van der Waals surface area contributed by atoms with E-state index in [4.69, 9.17) is 9.81 Å². The van der Waals surface area contributed by atoms with Gasteiger partial charge in [-0.3, -0.25) is 8.86 Å². The zero-order chi connectivity index (χ0) is 11.6. The van der Waals surface area contributed by atoms with E-state index in [9.17, 15) is 4.21 Å². The van der Waals surface area contributed by atoms with Gasteiger partial charge in [-0.05, 0) is 37.1 Å². The fraction of sp³-hybridized carbons (Fsp3) is 0.300. The summed E-state index contributed by atoms with van der Waals surface area (Å²) in [7, 11) is 1.47. The molecule has 1 unspecified atom stereocenters. The Morgan fingerprint density at radius 1 is 1.40 bits per heavy atom. The molecule has 80 valence electrons. The van der Waals surface area contributed by atoms with Gasteiger partial charge in [0.1, 0.15) is 6.07 Å². The number of hydrogen-bond acceptors (Lipinski definition) is 2. The number of hydrogen-bond donors (Lipinski definition) is 1. The van der Waals surface area contributed by atoms with Crippen molar-refractivity contribution in [2.24, 2.45) is 0 Å². The van der Waals surface area contributed by atoms with E-state index in [1.54, 1.807) is 12.1 Å². The number of anilines is 1. The third-order valence-electron chi connectivity index (χ3n) is 2.31. The minimum atomic E-state index is -2.11. The Balaban J connectivity index is 3.35. The minimum Gasteiger partial charge on any atom is -0.289 e. The zero-order valence-corrected chi connectivity index (χ0v) is 9.63. The van der Waals surface area contributed by atoms with E-state index in [1.807, 2.05) is 19.9 Å². The highest BCUT2D eigenvalue weighted by molar-refractivity contribution is 7.80. The molecule has 1 aromatic rings. The van der Waals surface area contributed by atoms with Crippen molar-refractivity contribution in [3.63, 3.8) is 0 Å². The predicted octanol–water partition coefficient (Wildman–Crippen LogP) is 1.75. The molecule has 0 aliphatic carbocycles. The molecule has 0 aliphatic heterocycles. The van der Waals surface area contributed by atoms with E-state index in [-0.39, 0.29) is 0 Å². The molecule has 0 radical (unpaired) electrons. The number of benzene rings is 1. The van der Waals surface area contributed by atoms with E-state index < -0.39 is 11.3 Å². The molecule has 0 bridgehead atoms. The summed E-state index contributed by atoms with van der Waals surface area (Å²) in [4.78, 5) is 0. The smallest absolute Gasteiger partial charge is 0.261 e. The van der Waals surface area contributed by atoms with Crippen molar-refractivity contribution >= 4 is 17.0 Å². The van der Waals surface area contributed by atoms with Crippen LogP contribution >= 0.6 is 0 Å². The number of aryl methyl sites for hydroxylation is 2. The van der Waals surface area contributed by atoms with Gasteiger partial charge in [-0.15, -0.1) is 0 Å². The largest absolute Gasteiger partial charge is 0.289 e. The van der Waals surface area contributed by atoms with Crippen LogP contribution in [0, 0.1) is 25.2 Å². The molecule has 0 aliphatic rings. The molecule has 15 heavy (non-hydrogen) atoms. The normalized spacial score (nSPS) is 11.9. The monoisotopic (exact) mass is 224 g/mol. The summed E-state index contributed by atoms with van der Waals surface area (Å²) >= 11 is -2.11. The number of nitriles is 1. The summed E-state index contributed by atoms with van der Waals surface area (Å²) in [5.74, 6) is 0. The zero-order valence-electron chi connectivity index (χ0n) is 8.81. The summed E-state index contributed by atoms with van der Waals surface area (Å²) < 4.78 is 21.0. The maximum atomic E-state index is 10.9. The highest BCUT2D eigenvalue weighted by Crippen LogP contribution is 2.23. The Bertz CT molecular complexity index is 451. The van der Waals surface area contributed by atoms with Gasteiger partial charge in [0.25, 0.3) is 11.3 Å². The molecular weight excluding hydrogens is 212 g/mol. The van der Waals surface area contributed by atoms with Crippen molar-refractivity contribution in [3.8, 4) is 6.07 Å². The fourth-order valence-corrected chi connectivity index (χ4v) is 1.55. The first kappa shape index (κ1) is 11.7. The molecule has 0 saturated heterocycles. The van der Waals surface area contributed by atoms with Crippen molar-refractivity contribution < 1.29 is 8.76 Å². The van der Waals surface area contributed by atoms with Gasteiger partial charge in [0, 0.05) is 7.05 Å². The van der Waals surface area contributed by atoms with Gasteiger partial charge in [-0.1, -0.05) is 0 Å². The van der Waals surface area contributed by atoms with Crippen molar-refractivity contribution in [2.45, 2.75) is 13.8 Å². The van der Waals surface area contributed by atoms with E-state index in [0.717, 1.165) is 15.4 Å². The quantitative estimate of drug-likeness (QED) is 0.778. The van der Waals surface area contributed by atoms with Crippen molar-refractivity contribution in [1.29, 1.82) is 5.26 Å². The number of nitrogens with zero attached hydrogens (tertiary/aromatic N) is 2. The second-order valence-electron chi connectivity index (χ2n) is 3.29.